The number of primary sulfonamides is 1. The number of amidine groups is 1. The Kier molecular flexibility index (Phi) is 5.85. The van der Waals surface area contributed by atoms with Gasteiger partial charge >= 0.3 is 0 Å². The lowest BCUT2D eigenvalue weighted by molar-refractivity contribution is 0.598. The van der Waals surface area contributed by atoms with Crippen LogP contribution in [-0.4, -0.2) is 24.2 Å². The number of anilines is 2. The van der Waals surface area contributed by atoms with Gasteiger partial charge in [0.25, 0.3) is 0 Å². The van der Waals surface area contributed by atoms with E-state index in [0.717, 1.165) is 26.7 Å². The molecule has 0 unspecified atom stereocenters. The first kappa shape index (κ1) is 20.8. The summed E-state index contributed by atoms with van der Waals surface area (Å²) in [6.07, 6.45) is 5.64. The van der Waals surface area contributed by atoms with E-state index in [0.29, 0.717) is 18.1 Å². The van der Waals surface area contributed by atoms with E-state index in [2.05, 4.69) is 25.6 Å². The van der Waals surface area contributed by atoms with Gasteiger partial charge in [-0.25, -0.2) is 23.5 Å². The number of rotatable bonds is 5. The molecule has 2 heterocycles. The van der Waals surface area contributed by atoms with E-state index in [9.17, 15) is 8.42 Å². The highest BCUT2D eigenvalue weighted by atomic mass is 32.2. The van der Waals surface area contributed by atoms with E-state index >= 15 is 0 Å². The van der Waals surface area contributed by atoms with E-state index in [1.54, 1.807) is 36.3 Å². The molecule has 0 spiro atoms. The van der Waals surface area contributed by atoms with E-state index < -0.39 is 10.0 Å². The lowest BCUT2D eigenvalue weighted by Crippen LogP contribution is -2.21. The van der Waals surface area contributed by atoms with Crippen LogP contribution in [0.5, 0.6) is 0 Å². The molecule has 2 aromatic carbocycles. The summed E-state index contributed by atoms with van der Waals surface area (Å²) in [7, 11) is -3.73. The Morgan fingerprint density at radius 1 is 1.16 bits per heavy atom. The van der Waals surface area contributed by atoms with E-state index in [-0.39, 0.29) is 11.4 Å². The predicted octanol–water partition coefficient (Wildman–Crippen LogP) is 2.54. The zero-order valence-corrected chi connectivity index (χ0v) is 17.7. The molecule has 0 aliphatic carbocycles. The fraction of sp³-hybridized carbons (Fsp3) is 0.100. The van der Waals surface area contributed by atoms with E-state index in [1.165, 1.54) is 12.1 Å². The van der Waals surface area contributed by atoms with Gasteiger partial charge in [-0.05, 0) is 35.4 Å². The van der Waals surface area contributed by atoms with Gasteiger partial charge in [-0.2, -0.15) is 5.26 Å². The van der Waals surface area contributed by atoms with Crippen LogP contribution in [0.1, 0.15) is 11.1 Å². The Morgan fingerprint density at radius 2 is 1.90 bits per heavy atom. The number of aromatic nitrogens is 2. The number of sulfonamides is 1. The number of fused-ring (bicyclic) bond motifs is 2. The van der Waals surface area contributed by atoms with Crippen LogP contribution >= 0.6 is 11.8 Å². The van der Waals surface area contributed by atoms with Gasteiger partial charge in [0.1, 0.15) is 10.9 Å². The van der Waals surface area contributed by atoms with Crippen LogP contribution in [0.15, 0.2) is 74.7 Å². The molecular formula is C20H17N7O2S2. The fourth-order valence-electron chi connectivity index (χ4n) is 2.96. The van der Waals surface area contributed by atoms with Crippen LogP contribution in [0.25, 0.3) is 0 Å². The number of nitrogens with one attached hydrogen (secondary N) is 2. The smallest absolute Gasteiger partial charge is 0.238 e. The molecule has 0 radical (unpaired) electrons. The second-order valence-electron chi connectivity index (χ2n) is 6.63. The van der Waals surface area contributed by atoms with Gasteiger partial charge in [-0.1, -0.05) is 30.0 Å². The van der Waals surface area contributed by atoms with Crippen LogP contribution in [0, 0.1) is 11.5 Å². The van der Waals surface area contributed by atoms with Crippen molar-refractivity contribution >= 4 is 39.1 Å². The number of nitrogens with two attached hydrogens (primary N) is 1. The SMILES string of the molecule is N#CNC(Cc1ccc2c(c1)Nc1nccnc1S2)=NCc1ccc(S(N)(=O)=O)cc1. The van der Waals surface area contributed by atoms with Crippen molar-refractivity contribution in [3.63, 3.8) is 0 Å². The predicted molar refractivity (Wildman–Crippen MR) is 117 cm³/mol. The van der Waals surface area contributed by atoms with Crippen LogP contribution in [0.3, 0.4) is 0 Å². The minimum absolute atomic E-state index is 0.0429. The van der Waals surface area contributed by atoms with Crippen molar-refractivity contribution in [1.29, 1.82) is 5.26 Å². The monoisotopic (exact) mass is 451 g/mol. The first-order valence-electron chi connectivity index (χ1n) is 9.11. The van der Waals surface area contributed by atoms with Gasteiger partial charge in [0.05, 0.1) is 17.1 Å². The normalized spacial score (nSPS) is 12.8. The number of nitrogens with zero attached hydrogens (tertiary/aromatic N) is 4. The lowest BCUT2D eigenvalue weighted by atomic mass is 10.1. The van der Waals surface area contributed by atoms with Crippen molar-refractivity contribution < 1.29 is 8.42 Å². The second kappa shape index (κ2) is 8.73. The summed E-state index contributed by atoms with van der Waals surface area (Å²) >= 11 is 1.54. The third-order valence-corrected chi connectivity index (χ3v) is 6.44. The summed E-state index contributed by atoms with van der Waals surface area (Å²) in [5, 5.41) is 20.9. The third-order valence-electron chi connectivity index (χ3n) is 4.44. The van der Waals surface area contributed by atoms with Gasteiger partial charge in [-0.15, -0.1) is 0 Å². The van der Waals surface area contributed by atoms with Crippen molar-refractivity contribution in [3.05, 3.63) is 66.0 Å². The summed E-state index contributed by atoms with van der Waals surface area (Å²) in [6.45, 7) is 0.289. The molecular weight excluding hydrogens is 434 g/mol. The Hall–Kier alpha value is -3.46. The summed E-state index contributed by atoms with van der Waals surface area (Å²) < 4.78 is 22.7. The van der Waals surface area contributed by atoms with E-state index in [1.807, 2.05) is 24.4 Å². The summed E-state index contributed by atoms with van der Waals surface area (Å²) in [5.41, 5.74) is 2.68. The van der Waals surface area contributed by atoms with Crippen LogP contribution in [0.2, 0.25) is 0 Å². The number of nitriles is 1. The highest BCUT2D eigenvalue weighted by Crippen LogP contribution is 2.42. The fourth-order valence-corrected chi connectivity index (χ4v) is 4.35. The van der Waals surface area contributed by atoms with Gasteiger partial charge in [0.15, 0.2) is 12.0 Å². The van der Waals surface area contributed by atoms with Gasteiger partial charge < -0.3 is 5.32 Å². The molecule has 0 atom stereocenters. The van der Waals surface area contributed by atoms with E-state index in [4.69, 9.17) is 10.4 Å². The Bertz CT molecular complexity index is 1300. The number of hydrogen-bond acceptors (Lipinski definition) is 8. The Labute approximate surface area is 183 Å². The van der Waals surface area contributed by atoms with Gasteiger partial charge in [-0.3, -0.25) is 10.3 Å². The van der Waals surface area contributed by atoms with Crippen molar-refractivity contribution in [2.45, 2.75) is 27.8 Å². The van der Waals surface area contributed by atoms with Crippen LogP contribution < -0.4 is 15.8 Å². The lowest BCUT2D eigenvalue weighted by Gasteiger charge is -2.19. The number of hydrogen-bond donors (Lipinski definition) is 3. The molecule has 9 nitrogen and oxygen atoms in total. The average Bonchev–Trinajstić information content (AvgIpc) is 2.76. The maximum absolute atomic E-state index is 11.4. The van der Waals surface area contributed by atoms with Crippen molar-refractivity contribution in [1.82, 2.24) is 15.3 Å². The summed E-state index contributed by atoms with van der Waals surface area (Å²) in [5.74, 6) is 1.21. The molecule has 1 aliphatic heterocycles. The molecule has 0 saturated heterocycles. The highest BCUT2D eigenvalue weighted by Gasteiger charge is 2.18. The standard InChI is InChI=1S/C20H17N7O2S2/c21-12-26-18(25-11-13-1-4-15(5-2-13)31(22,28)29)10-14-3-6-17-16(9-14)27-19-20(30-17)24-8-7-23-19/h1-9H,10-11H2,(H,23,27)(H,25,26)(H2,22,28,29). The first-order chi connectivity index (χ1) is 14.9. The molecule has 0 amide bonds. The first-order valence-corrected chi connectivity index (χ1v) is 11.5. The zero-order valence-electron chi connectivity index (χ0n) is 16.1. The maximum atomic E-state index is 11.4. The summed E-state index contributed by atoms with van der Waals surface area (Å²) in [4.78, 5) is 14.2. The van der Waals surface area contributed by atoms with Crippen LogP contribution in [0.4, 0.5) is 11.5 Å². The molecule has 4 N–H and O–H groups in total. The van der Waals surface area contributed by atoms with Gasteiger partial charge in [0.2, 0.25) is 10.0 Å². The maximum Gasteiger partial charge on any atom is 0.238 e. The number of aliphatic imine (C=N–C) groups is 1. The minimum Gasteiger partial charge on any atom is -0.337 e. The topological polar surface area (TPSA) is 146 Å². The molecule has 0 bridgehead atoms. The molecule has 0 saturated carbocycles. The third kappa shape index (κ3) is 5.00. The number of benzene rings is 2. The molecule has 3 aromatic rings. The molecule has 31 heavy (non-hydrogen) atoms. The average molecular weight is 452 g/mol. The molecule has 4 rings (SSSR count). The Balaban J connectivity index is 1.49. The largest absolute Gasteiger partial charge is 0.337 e. The van der Waals surface area contributed by atoms with Crippen molar-refractivity contribution in [3.8, 4) is 6.19 Å². The Morgan fingerprint density at radius 3 is 2.65 bits per heavy atom. The second-order valence-corrected chi connectivity index (χ2v) is 9.23. The molecule has 11 heteroatoms. The summed E-state index contributed by atoms with van der Waals surface area (Å²) in [6, 6.07) is 12.1. The molecule has 1 aromatic heterocycles. The molecule has 156 valence electrons. The van der Waals surface area contributed by atoms with Crippen LogP contribution in [-0.2, 0) is 23.0 Å². The highest BCUT2D eigenvalue weighted by molar-refractivity contribution is 7.99. The minimum atomic E-state index is -3.73. The van der Waals surface area contributed by atoms with Crippen molar-refractivity contribution in [2.24, 2.45) is 10.1 Å². The van der Waals surface area contributed by atoms with Gasteiger partial charge in [0, 0.05) is 23.7 Å². The molecule has 1 aliphatic rings. The van der Waals surface area contributed by atoms with Crippen molar-refractivity contribution in [2.75, 3.05) is 5.32 Å². The quantitative estimate of drug-likeness (QED) is 0.182. The molecule has 0 fully saturated rings. The zero-order chi connectivity index (χ0) is 21.8.